The van der Waals surface area contributed by atoms with E-state index in [2.05, 4.69) is 0 Å². The van der Waals surface area contributed by atoms with Crippen molar-refractivity contribution in [3.8, 4) is 0 Å². The second kappa shape index (κ2) is 11.0. The van der Waals surface area contributed by atoms with E-state index in [9.17, 15) is 9.59 Å². The van der Waals surface area contributed by atoms with E-state index in [1.165, 1.54) is 9.12 Å². The number of ketones is 1. The number of carbonyl (C=O) groups excluding carboxylic acids is 2. The molecule has 3 aromatic rings. The Balaban J connectivity index is 0.00000145. The molecule has 0 aliphatic carbocycles. The van der Waals surface area contributed by atoms with Gasteiger partial charge in [-0.1, -0.05) is 83.4 Å². The minimum atomic E-state index is -0.977. The van der Waals surface area contributed by atoms with E-state index in [-0.39, 0.29) is 12.4 Å². The fraction of sp³-hybridized carbons (Fsp3) is 0.167. The molecule has 0 spiro atoms. The van der Waals surface area contributed by atoms with Gasteiger partial charge < -0.3 is 4.74 Å². The maximum atomic E-state index is 13.3. The first-order valence-electron chi connectivity index (χ1n) is 9.17. The Kier molecular flexibility index (Phi) is 8.45. The van der Waals surface area contributed by atoms with Crippen molar-refractivity contribution in [3.05, 3.63) is 107 Å². The molecule has 5 heteroatoms. The van der Waals surface area contributed by atoms with E-state index in [0.29, 0.717) is 11.1 Å². The minimum absolute atomic E-state index is 0.142. The van der Waals surface area contributed by atoms with Gasteiger partial charge in [0.1, 0.15) is 12.5 Å². The van der Waals surface area contributed by atoms with Gasteiger partial charge in [0.15, 0.2) is 5.78 Å². The van der Waals surface area contributed by atoms with Crippen LogP contribution in [0, 0.1) is 13.8 Å². The fourth-order valence-corrected chi connectivity index (χ4v) is 3.20. The van der Waals surface area contributed by atoms with Crippen LogP contribution in [0.5, 0.6) is 0 Å². The van der Waals surface area contributed by atoms with Crippen LogP contribution in [0.1, 0.15) is 38.5 Å². The van der Waals surface area contributed by atoms with E-state index < -0.39 is 11.9 Å². The number of hydrogen-bond acceptors (Lipinski definition) is 4. The number of esters is 1. The topological polar surface area (TPSA) is 60.4 Å². The summed E-state index contributed by atoms with van der Waals surface area (Å²) < 4.78 is 13.7. The second-order valence-corrected chi connectivity index (χ2v) is 6.57. The first-order valence-corrected chi connectivity index (χ1v) is 9.64. The van der Waals surface area contributed by atoms with Crippen molar-refractivity contribution in [2.24, 2.45) is 0 Å². The van der Waals surface area contributed by atoms with Crippen LogP contribution in [0.2, 0.25) is 0 Å². The molecular weight excluding hydrogens is 383 g/mol. The van der Waals surface area contributed by atoms with E-state index in [4.69, 9.17) is 9.30 Å². The van der Waals surface area contributed by atoms with Crippen LogP contribution >= 0.6 is 9.12 Å². The van der Waals surface area contributed by atoms with Gasteiger partial charge in [0.05, 0.1) is 0 Å². The molecule has 3 aromatic carbocycles. The molecule has 2 unspecified atom stereocenters. The van der Waals surface area contributed by atoms with E-state index in [0.717, 1.165) is 16.7 Å². The van der Waals surface area contributed by atoms with Crippen molar-refractivity contribution in [2.45, 2.75) is 26.4 Å². The summed E-state index contributed by atoms with van der Waals surface area (Å²) in [6.45, 7) is 3.91. The average molecular weight is 407 g/mol. The summed E-state index contributed by atoms with van der Waals surface area (Å²) >= 11 is 0. The van der Waals surface area contributed by atoms with Crippen LogP contribution in [0.25, 0.3) is 0 Å². The Morgan fingerprint density at radius 1 is 0.793 bits per heavy atom. The Hall–Kier alpha value is -3.10. The molecule has 0 radical (unpaired) electrons. The Morgan fingerprint density at radius 2 is 1.31 bits per heavy atom. The van der Waals surface area contributed by atoms with Gasteiger partial charge in [-0.3, -0.25) is 9.59 Å². The number of ether oxygens (including phenoxy) is 1. The molecule has 0 heterocycles. The van der Waals surface area contributed by atoms with E-state index >= 15 is 0 Å². The fourth-order valence-electron chi connectivity index (χ4n) is 3.20. The Bertz CT molecular complexity index is 935. The highest BCUT2D eigenvalue weighted by atomic mass is 31.0. The standard InChI is InChI=1S/C24H22O3.H2OP/c1-17-10-9-11-18(2)21(17)23(25)22(20-14-7-4-8-15-20)24(26)27-16-19-12-5-3-6-13-19;1-2/h3-15,22H,16H2,1-2H3;2H2/q;+1. The van der Waals surface area contributed by atoms with Crippen molar-refractivity contribution in [1.29, 1.82) is 0 Å². The van der Waals surface area contributed by atoms with Crippen molar-refractivity contribution >= 4 is 20.9 Å². The third kappa shape index (κ3) is 5.69. The van der Waals surface area contributed by atoms with Crippen LogP contribution in [0.4, 0.5) is 0 Å². The third-order valence-electron chi connectivity index (χ3n) is 4.58. The largest absolute Gasteiger partial charge is 0.460 e. The molecule has 29 heavy (non-hydrogen) atoms. The molecule has 148 valence electrons. The highest BCUT2D eigenvalue weighted by Gasteiger charge is 2.32. The highest BCUT2D eigenvalue weighted by Crippen LogP contribution is 2.26. The van der Waals surface area contributed by atoms with Crippen molar-refractivity contribution in [2.75, 3.05) is 0 Å². The molecule has 0 aliphatic heterocycles. The predicted octanol–water partition coefficient (Wildman–Crippen LogP) is 5.22. The number of rotatable bonds is 6. The summed E-state index contributed by atoms with van der Waals surface area (Å²) in [5.74, 6) is -1.73. The highest BCUT2D eigenvalue weighted by molar-refractivity contribution is 7.00. The third-order valence-corrected chi connectivity index (χ3v) is 4.58. The van der Waals surface area contributed by atoms with E-state index in [1.807, 2.05) is 80.6 Å². The van der Waals surface area contributed by atoms with Crippen LogP contribution < -0.4 is 0 Å². The summed E-state index contributed by atoms with van der Waals surface area (Å²) in [5, 5.41) is 0. The van der Waals surface area contributed by atoms with Gasteiger partial charge in [0, 0.05) is 5.56 Å². The summed E-state index contributed by atoms with van der Waals surface area (Å²) in [5.41, 5.74) is 3.83. The van der Waals surface area contributed by atoms with Crippen LogP contribution in [0.15, 0.2) is 78.9 Å². The number of hydrogen-bond donors (Lipinski definition) is 0. The predicted molar refractivity (Wildman–Crippen MR) is 116 cm³/mol. The average Bonchev–Trinajstić information content (AvgIpc) is 2.75. The molecule has 0 saturated carbocycles. The number of aryl methyl sites for hydroxylation is 2. The molecule has 0 N–H and O–H groups in total. The monoisotopic (exact) mass is 407 g/mol. The number of carbonyl (C=O) groups is 2. The lowest BCUT2D eigenvalue weighted by molar-refractivity contribution is -0.145. The molecule has 2 atom stereocenters. The maximum absolute atomic E-state index is 13.3. The second-order valence-electron chi connectivity index (χ2n) is 6.57. The summed E-state index contributed by atoms with van der Waals surface area (Å²) in [6, 6.07) is 24.2. The molecule has 0 amide bonds. The van der Waals surface area contributed by atoms with Gasteiger partial charge in [-0.05, 0) is 36.1 Å². The maximum Gasteiger partial charge on any atom is 0.321 e. The van der Waals surface area contributed by atoms with Gasteiger partial charge in [-0.2, -0.15) is 0 Å². The summed E-state index contributed by atoms with van der Waals surface area (Å²) in [6.07, 6.45) is 0. The Morgan fingerprint density at radius 3 is 1.86 bits per heavy atom. The number of benzene rings is 3. The smallest absolute Gasteiger partial charge is 0.321 e. The van der Waals surface area contributed by atoms with Crippen molar-refractivity contribution < 1.29 is 18.9 Å². The van der Waals surface area contributed by atoms with Crippen molar-refractivity contribution in [3.63, 3.8) is 0 Å². The SMILES string of the molecule is Cc1cccc(C)c1C(=O)C(C(=O)OCc1ccccc1)c1ccccc1.O=[PH2+]. The van der Waals surface area contributed by atoms with Gasteiger partial charge >= 0.3 is 15.1 Å². The summed E-state index contributed by atoms with van der Waals surface area (Å²) in [4.78, 5) is 26.3. The van der Waals surface area contributed by atoms with Crippen LogP contribution in [-0.2, 0) is 20.7 Å². The molecule has 0 bridgehead atoms. The lowest BCUT2D eigenvalue weighted by atomic mass is 9.87. The van der Waals surface area contributed by atoms with Gasteiger partial charge in [-0.25, -0.2) is 0 Å². The molecule has 0 aromatic heterocycles. The first-order chi connectivity index (χ1) is 14.1. The zero-order valence-electron chi connectivity index (χ0n) is 16.5. The lowest BCUT2D eigenvalue weighted by Gasteiger charge is -2.18. The molecule has 4 nitrogen and oxygen atoms in total. The van der Waals surface area contributed by atoms with Crippen molar-refractivity contribution in [1.82, 2.24) is 0 Å². The number of Topliss-reactive ketones (excluding diaryl/α,β-unsaturated/α-hetero) is 1. The zero-order valence-corrected chi connectivity index (χ0v) is 17.7. The molecular formula is C24H24O4P+. The van der Waals surface area contributed by atoms with Gasteiger partial charge in [0.25, 0.3) is 0 Å². The molecule has 3 rings (SSSR count). The molecule has 0 saturated heterocycles. The van der Waals surface area contributed by atoms with Crippen LogP contribution in [-0.4, -0.2) is 11.8 Å². The quantitative estimate of drug-likeness (QED) is 0.243. The lowest BCUT2D eigenvalue weighted by Crippen LogP contribution is -2.25. The normalized spacial score (nSPS) is 11.0. The van der Waals surface area contributed by atoms with Crippen LogP contribution in [0.3, 0.4) is 0 Å². The van der Waals surface area contributed by atoms with E-state index in [1.54, 1.807) is 12.1 Å². The zero-order chi connectivity index (χ0) is 21.2. The summed E-state index contributed by atoms with van der Waals surface area (Å²) in [7, 11) is 1.17. The Labute approximate surface area is 173 Å². The molecule has 0 fully saturated rings. The minimum Gasteiger partial charge on any atom is -0.460 e. The first kappa shape index (κ1) is 22.2. The molecule has 0 aliphatic rings. The van der Waals surface area contributed by atoms with Gasteiger partial charge in [-0.15, -0.1) is 0 Å². The van der Waals surface area contributed by atoms with Gasteiger partial charge in [0.2, 0.25) is 0 Å².